The topological polar surface area (TPSA) is 70.7 Å². The third-order valence-electron chi connectivity index (χ3n) is 6.47. The molecule has 0 spiro atoms. The Morgan fingerprint density at radius 3 is 2.68 bits per heavy atom. The van der Waals surface area contributed by atoms with Gasteiger partial charge in [0, 0.05) is 36.3 Å². The van der Waals surface area contributed by atoms with Crippen LogP contribution in [0.4, 0.5) is 10.1 Å². The van der Waals surface area contributed by atoms with Crippen molar-refractivity contribution in [2.75, 3.05) is 52.3 Å². The summed E-state index contributed by atoms with van der Waals surface area (Å²) in [5.41, 5.74) is 4.65. The predicted octanol–water partition coefficient (Wildman–Crippen LogP) is 4.46. The van der Waals surface area contributed by atoms with Gasteiger partial charge in [0.15, 0.2) is 11.6 Å². The van der Waals surface area contributed by atoms with Gasteiger partial charge in [-0.25, -0.2) is 14.2 Å². The van der Waals surface area contributed by atoms with Gasteiger partial charge in [0.25, 0.3) is 0 Å². The zero-order chi connectivity index (χ0) is 23.8. The van der Waals surface area contributed by atoms with Gasteiger partial charge >= 0.3 is 5.97 Å². The fourth-order valence-corrected chi connectivity index (χ4v) is 4.59. The first-order valence-electron chi connectivity index (χ1n) is 11.3. The third-order valence-corrected chi connectivity index (χ3v) is 6.47. The van der Waals surface area contributed by atoms with Crippen LogP contribution in [0.15, 0.2) is 42.5 Å². The maximum Gasteiger partial charge on any atom is 0.340 e. The van der Waals surface area contributed by atoms with E-state index in [-0.39, 0.29) is 5.75 Å². The second-order valence-electron chi connectivity index (χ2n) is 8.62. The van der Waals surface area contributed by atoms with Crippen molar-refractivity contribution in [1.82, 2.24) is 14.9 Å². The number of ether oxygens (including phenoxy) is 2. The minimum atomic E-state index is -0.492. The number of carbonyl (C=O) groups is 1. The van der Waals surface area contributed by atoms with Gasteiger partial charge in [-0.2, -0.15) is 0 Å². The van der Waals surface area contributed by atoms with Crippen LogP contribution < -0.4 is 9.64 Å². The number of likely N-dealkylation sites (N-methyl/N-ethyl adjacent to an activating group) is 1. The number of esters is 1. The molecule has 0 saturated carbocycles. The van der Waals surface area contributed by atoms with Crippen molar-refractivity contribution in [3.63, 3.8) is 0 Å². The Bertz CT molecular complexity index is 1380. The van der Waals surface area contributed by atoms with E-state index in [1.165, 1.54) is 20.3 Å². The van der Waals surface area contributed by atoms with E-state index in [2.05, 4.69) is 34.0 Å². The lowest BCUT2D eigenvalue weighted by Crippen LogP contribution is -2.28. The highest BCUT2D eigenvalue weighted by molar-refractivity contribution is 6.13. The third kappa shape index (κ3) is 3.94. The van der Waals surface area contributed by atoms with Crippen molar-refractivity contribution in [2.45, 2.75) is 6.42 Å². The van der Waals surface area contributed by atoms with Crippen molar-refractivity contribution in [1.29, 1.82) is 0 Å². The normalized spacial score (nSPS) is 15.0. The molecule has 34 heavy (non-hydrogen) atoms. The first-order chi connectivity index (χ1) is 16.5. The molecule has 0 radical (unpaired) electrons. The lowest BCUT2D eigenvalue weighted by Gasteiger charge is -2.22. The first-order valence-corrected chi connectivity index (χ1v) is 11.3. The summed E-state index contributed by atoms with van der Waals surface area (Å²) in [5, 5.41) is 0.895. The minimum absolute atomic E-state index is 0.150. The Hall–Kier alpha value is -3.65. The lowest BCUT2D eigenvalue weighted by molar-refractivity contribution is 0.0602. The predicted molar refractivity (Wildman–Crippen MR) is 131 cm³/mol. The zero-order valence-electron chi connectivity index (χ0n) is 19.5. The maximum absolute atomic E-state index is 14.4. The van der Waals surface area contributed by atoms with E-state index in [9.17, 15) is 9.18 Å². The van der Waals surface area contributed by atoms with Gasteiger partial charge in [-0.15, -0.1) is 0 Å². The number of methoxy groups -OCH3 is 2. The molecule has 0 bridgehead atoms. The number of aromatic amines is 1. The highest BCUT2D eigenvalue weighted by atomic mass is 19.1. The average Bonchev–Trinajstić information content (AvgIpc) is 3.08. The average molecular weight is 463 g/mol. The van der Waals surface area contributed by atoms with Crippen LogP contribution in [0, 0.1) is 5.82 Å². The van der Waals surface area contributed by atoms with Crippen LogP contribution in [0.5, 0.6) is 5.75 Å². The van der Waals surface area contributed by atoms with Crippen LogP contribution in [-0.2, 0) is 4.74 Å². The van der Waals surface area contributed by atoms with Crippen LogP contribution >= 0.6 is 0 Å². The molecule has 176 valence electrons. The summed E-state index contributed by atoms with van der Waals surface area (Å²) >= 11 is 0. The summed E-state index contributed by atoms with van der Waals surface area (Å²) < 4.78 is 24.4. The lowest BCUT2D eigenvalue weighted by atomic mass is 10.1. The van der Waals surface area contributed by atoms with Crippen molar-refractivity contribution in [2.24, 2.45) is 0 Å². The number of benzene rings is 2. The summed E-state index contributed by atoms with van der Waals surface area (Å²) in [5.74, 6) is -0.824. The van der Waals surface area contributed by atoms with Gasteiger partial charge in [-0.3, -0.25) is 0 Å². The number of carbonyl (C=O) groups excluding carboxylic acids is 1. The number of fused-ring (bicyclic) bond motifs is 3. The Morgan fingerprint density at radius 2 is 1.91 bits per heavy atom. The maximum atomic E-state index is 14.4. The van der Waals surface area contributed by atoms with Crippen molar-refractivity contribution in [3.8, 4) is 17.0 Å². The SMILES string of the molecule is COC(=O)c1cc(-c2ccc(OC)c(F)c2)nc2c1[nH]c1cc(N3CCCN(C)CC3)ccc12. The Balaban J connectivity index is 1.64. The van der Waals surface area contributed by atoms with Crippen molar-refractivity contribution < 1.29 is 18.7 Å². The number of halogens is 1. The number of hydrogen-bond acceptors (Lipinski definition) is 6. The number of nitrogens with one attached hydrogen (secondary N) is 1. The van der Waals surface area contributed by atoms with Gasteiger partial charge in [0.05, 0.1) is 42.0 Å². The molecule has 7 nitrogen and oxygen atoms in total. The molecular weight excluding hydrogens is 435 g/mol. The number of aromatic nitrogens is 2. The van der Waals surface area contributed by atoms with E-state index in [1.807, 2.05) is 6.07 Å². The van der Waals surface area contributed by atoms with Crippen LogP contribution in [0.25, 0.3) is 33.2 Å². The molecular formula is C26H27FN4O3. The largest absolute Gasteiger partial charge is 0.494 e. The molecule has 1 aliphatic heterocycles. The Labute approximate surface area is 197 Å². The molecule has 0 amide bonds. The zero-order valence-corrected chi connectivity index (χ0v) is 19.5. The van der Waals surface area contributed by atoms with Crippen molar-refractivity contribution in [3.05, 3.63) is 53.8 Å². The minimum Gasteiger partial charge on any atom is -0.494 e. The first kappa shape index (κ1) is 22.2. The van der Waals surface area contributed by atoms with Crippen molar-refractivity contribution >= 4 is 33.6 Å². The van der Waals surface area contributed by atoms with Gasteiger partial charge < -0.3 is 24.3 Å². The van der Waals surface area contributed by atoms with E-state index < -0.39 is 11.8 Å². The second-order valence-corrected chi connectivity index (χ2v) is 8.62. The fraction of sp³-hybridized carbons (Fsp3) is 0.308. The molecule has 1 saturated heterocycles. The van der Waals surface area contributed by atoms with Crippen LogP contribution in [0.1, 0.15) is 16.8 Å². The van der Waals surface area contributed by atoms with E-state index >= 15 is 0 Å². The van der Waals surface area contributed by atoms with Gasteiger partial charge in [-0.1, -0.05) is 0 Å². The molecule has 0 atom stereocenters. The number of H-pyrrole nitrogens is 1. The summed E-state index contributed by atoms with van der Waals surface area (Å²) in [6, 6.07) is 12.5. The smallest absolute Gasteiger partial charge is 0.340 e. The van der Waals surface area contributed by atoms with E-state index in [0.29, 0.717) is 27.9 Å². The quantitative estimate of drug-likeness (QED) is 0.452. The number of hydrogen-bond donors (Lipinski definition) is 1. The summed E-state index contributed by atoms with van der Waals surface area (Å²) in [4.78, 5) is 25.6. The van der Waals surface area contributed by atoms with E-state index in [0.717, 1.165) is 49.2 Å². The molecule has 1 aliphatic rings. The van der Waals surface area contributed by atoms with Gasteiger partial charge in [0.2, 0.25) is 0 Å². The molecule has 8 heteroatoms. The number of anilines is 1. The number of pyridine rings is 1. The van der Waals surface area contributed by atoms with Crippen LogP contribution in [0.3, 0.4) is 0 Å². The summed E-state index contributed by atoms with van der Waals surface area (Å²) in [7, 11) is 4.91. The molecule has 1 N–H and O–H groups in total. The Morgan fingerprint density at radius 1 is 1.06 bits per heavy atom. The Kier molecular flexibility index (Phi) is 5.83. The highest BCUT2D eigenvalue weighted by Crippen LogP contribution is 2.33. The van der Waals surface area contributed by atoms with Gasteiger partial charge in [-0.05, 0) is 62.5 Å². The molecule has 3 heterocycles. The molecule has 2 aromatic heterocycles. The highest BCUT2D eigenvalue weighted by Gasteiger charge is 2.20. The summed E-state index contributed by atoms with van der Waals surface area (Å²) in [6.45, 7) is 4.06. The van der Waals surface area contributed by atoms with E-state index in [4.69, 9.17) is 14.5 Å². The molecule has 5 rings (SSSR count). The fourth-order valence-electron chi connectivity index (χ4n) is 4.59. The summed E-state index contributed by atoms with van der Waals surface area (Å²) in [6.07, 6.45) is 1.11. The molecule has 2 aromatic carbocycles. The molecule has 1 fully saturated rings. The van der Waals surface area contributed by atoms with Crippen LogP contribution in [0.2, 0.25) is 0 Å². The van der Waals surface area contributed by atoms with Gasteiger partial charge in [0.1, 0.15) is 0 Å². The monoisotopic (exact) mass is 462 g/mol. The molecule has 0 aliphatic carbocycles. The number of rotatable bonds is 4. The van der Waals surface area contributed by atoms with Crippen LogP contribution in [-0.4, -0.2) is 68.3 Å². The molecule has 4 aromatic rings. The second kappa shape index (κ2) is 8.95. The number of nitrogens with zero attached hydrogens (tertiary/aromatic N) is 3. The standard InChI is InChI=1S/C26H27FN4O3/c1-30-9-4-10-31(12-11-30)17-6-7-18-22(14-17)29-25-19(26(32)34-3)15-21(28-24(18)25)16-5-8-23(33-2)20(27)13-16/h5-8,13-15,29H,4,9-12H2,1-3H3. The van der Waals surface area contributed by atoms with E-state index in [1.54, 1.807) is 18.2 Å². The molecule has 0 unspecified atom stereocenters.